The molecule has 0 saturated heterocycles. The summed E-state index contributed by atoms with van der Waals surface area (Å²) in [6.45, 7) is 13.2. The highest BCUT2D eigenvalue weighted by atomic mass is 16.1. The summed E-state index contributed by atoms with van der Waals surface area (Å²) in [5, 5.41) is 0. The number of benzene rings is 1. The van der Waals surface area contributed by atoms with Crippen molar-refractivity contribution in [1.82, 2.24) is 0 Å². The summed E-state index contributed by atoms with van der Waals surface area (Å²) >= 11 is 0. The van der Waals surface area contributed by atoms with Gasteiger partial charge in [0.15, 0.2) is 5.78 Å². The van der Waals surface area contributed by atoms with Crippen molar-refractivity contribution >= 4 is 5.78 Å². The third kappa shape index (κ3) is 2.00. The summed E-state index contributed by atoms with van der Waals surface area (Å²) in [6, 6.07) is 4.44. The third-order valence-corrected chi connectivity index (χ3v) is 4.06. The number of ketones is 1. The molecule has 1 aliphatic rings. The Hall–Kier alpha value is -1.11. The van der Waals surface area contributed by atoms with Gasteiger partial charge in [0.2, 0.25) is 0 Å². The molecule has 2 rings (SSSR count). The monoisotopic (exact) mass is 244 g/mol. The minimum absolute atomic E-state index is 0.00152. The SMILES string of the molecule is CC(C)c1cc2c(c(C(C)C)c1)C(C)(C)CC2=O. The van der Waals surface area contributed by atoms with Crippen molar-refractivity contribution in [3.05, 3.63) is 34.4 Å². The Morgan fingerprint density at radius 3 is 2.17 bits per heavy atom. The Morgan fingerprint density at radius 1 is 1.06 bits per heavy atom. The van der Waals surface area contributed by atoms with Gasteiger partial charge in [-0.1, -0.05) is 47.6 Å². The van der Waals surface area contributed by atoms with Crippen molar-refractivity contribution in [1.29, 1.82) is 0 Å². The van der Waals surface area contributed by atoms with Gasteiger partial charge in [-0.15, -0.1) is 0 Å². The van der Waals surface area contributed by atoms with Crippen molar-refractivity contribution in [2.45, 2.75) is 65.2 Å². The molecule has 0 N–H and O–H groups in total. The van der Waals surface area contributed by atoms with Crippen molar-refractivity contribution in [2.75, 3.05) is 0 Å². The van der Waals surface area contributed by atoms with Gasteiger partial charge in [0.05, 0.1) is 0 Å². The molecule has 0 atom stereocenters. The van der Waals surface area contributed by atoms with E-state index in [-0.39, 0.29) is 5.41 Å². The van der Waals surface area contributed by atoms with Gasteiger partial charge in [-0.2, -0.15) is 0 Å². The minimum atomic E-state index is 0.00152. The van der Waals surface area contributed by atoms with Crippen molar-refractivity contribution < 1.29 is 4.79 Å². The van der Waals surface area contributed by atoms with E-state index < -0.39 is 0 Å². The maximum atomic E-state index is 12.2. The van der Waals surface area contributed by atoms with Gasteiger partial charge in [-0.05, 0) is 40.0 Å². The molecule has 0 bridgehead atoms. The van der Waals surface area contributed by atoms with Crippen LogP contribution in [0.1, 0.15) is 86.8 Å². The maximum Gasteiger partial charge on any atom is 0.164 e. The largest absolute Gasteiger partial charge is 0.294 e. The Balaban J connectivity index is 2.73. The zero-order chi connectivity index (χ0) is 13.7. The first kappa shape index (κ1) is 13.3. The van der Waals surface area contributed by atoms with Crippen molar-refractivity contribution in [3.8, 4) is 0 Å². The number of carbonyl (C=O) groups is 1. The molecule has 1 nitrogen and oxygen atoms in total. The van der Waals surface area contributed by atoms with Crippen LogP contribution in [0.25, 0.3) is 0 Å². The van der Waals surface area contributed by atoms with Gasteiger partial charge in [0.25, 0.3) is 0 Å². The van der Waals surface area contributed by atoms with E-state index in [0.717, 1.165) is 5.56 Å². The van der Waals surface area contributed by atoms with Gasteiger partial charge in [0.1, 0.15) is 0 Å². The second kappa shape index (κ2) is 4.22. The number of fused-ring (bicyclic) bond motifs is 1. The van der Waals surface area contributed by atoms with E-state index in [4.69, 9.17) is 0 Å². The Labute approximate surface area is 111 Å². The molecule has 1 aromatic rings. The summed E-state index contributed by atoms with van der Waals surface area (Å²) in [5.74, 6) is 1.27. The highest BCUT2D eigenvalue weighted by Crippen LogP contribution is 2.43. The fraction of sp³-hybridized carbons (Fsp3) is 0.588. The van der Waals surface area contributed by atoms with Crippen molar-refractivity contribution in [2.24, 2.45) is 0 Å². The van der Waals surface area contributed by atoms with Crippen LogP contribution in [0.15, 0.2) is 12.1 Å². The lowest BCUT2D eigenvalue weighted by atomic mass is 9.79. The summed E-state index contributed by atoms with van der Waals surface area (Å²) in [4.78, 5) is 12.2. The number of hydrogen-bond donors (Lipinski definition) is 0. The zero-order valence-electron chi connectivity index (χ0n) is 12.4. The Kier molecular flexibility index (Phi) is 3.12. The molecular formula is C17H24O. The molecule has 1 heteroatoms. The zero-order valence-corrected chi connectivity index (χ0v) is 12.4. The first-order chi connectivity index (χ1) is 8.24. The third-order valence-electron chi connectivity index (χ3n) is 4.06. The molecule has 0 fully saturated rings. The Morgan fingerprint density at radius 2 is 1.67 bits per heavy atom. The maximum absolute atomic E-state index is 12.2. The van der Waals surface area contributed by atoms with Crippen LogP contribution in [0.2, 0.25) is 0 Å². The molecule has 0 heterocycles. The fourth-order valence-electron chi connectivity index (χ4n) is 3.04. The fourth-order valence-corrected chi connectivity index (χ4v) is 3.04. The molecule has 18 heavy (non-hydrogen) atoms. The average Bonchev–Trinajstić information content (AvgIpc) is 2.48. The van der Waals surface area contributed by atoms with Crippen molar-refractivity contribution in [3.63, 3.8) is 0 Å². The topological polar surface area (TPSA) is 17.1 Å². The van der Waals surface area contributed by atoms with E-state index in [9.17, 15) is 4.79 Å². The molecule has 0 aromatic heterocycles. The normalized spacial score (nSPS) is 17.7. The highest BCUT2D eigenvalue weighted by molar-refractivity contribution is 6.02. The molecule has 0 aliphatic heterocycles. The summed E-state index contributed by atoms with van der Waals surface area (Å²) in [6.07, 6.45) is 0.656. The molecule has 0 spiro atoms. The molecule has 0 amide bonds. The number of hydrogen-bond acceptors (Lipinski definition) is 1. The number of rotatable bonds is 2. The van der Waals surface area contributed by atoms with Crippen LogP contribution in [0.4, 0.5) is 0 Å². The van der Waals surface area contributed by atoms with Crippen LogP contribution in [0.3, 0.4) is 0 Å². The molecule has 98 valence electrons. The van der Waals surface area contributed by atoms with E-state index in [1.54, 1.807) is 0 Å². The smallest absolute Gasteiger partial charge is 0.164 e. The van der Waals surface area contributed by atoms with Gasteiger partial charge in [0, 0.05) is 12.0 Å². The lowest BCUT2D eigenvalue weighted by molar-refractivity contribution is 0.0979. The average molecular weight is 244 g/mol. The van der Waals surface area contributed by atoms with E-state index >= 15 is 0 Å². The molecule has 0 unspecified atom stereocenters. The molecular weight excluding hydrogens is 220 g/mol. The van der Waals surface area contributed by atoms with E-state index in [1.165, 1.54) is 16.7 Å². The molecule has 1 aliphatic carbocycles. The number of carbonyl (C=O) groups excluding carboxylic acids is 1. The quantitative estimate of drug-likeness (QED) is 0.730. The second-order valence-corrected chi connectivity index (χ2v) is 6.83. The number of Topliss-reactive ketones (excluding diaryl/α,β-unsaturated/α-hetero) is 1. The lowest BCUT2D eigenvalue weighted by Crippen LogP contribution is -2.16. The summed E-state index contributed by atoms with van der Waals surface area (Å²) in [5.41, 5.74) is 4.94. The van der Waals surface area contributed by atoms with Gasteiger partial charge < -0.3 is 0 Å². The van der Waals surface area contributed by atoms with Gasteiger partial charge >= 0.3 is 0 Å². The van der Waals surface area contributed by atoms with Crippen LogP contribution in [-0.2, 0) is 5.41 Å². The standard InChI is InChI=1S/C17H24O/c1-10(2)12-7-13(11(3)4)16-14(8-12)15(18)9-17(16,5)6/h7-8,10-11H,9H2,1-6H3. The predicted molar refractivity (Wildman–Crippen MR) is 76.6 cm³/mol. The van der Waals surface area contributed by atoms with Crippen LogP contribution in [0, 0.1) is 0 Å². The highest BCUT2D eigenvalue weighted by Gasteiger charge is 2.38. The molecule has 0 saturated carbocycles. The molecule has 0 radical (unpaired) electrons. The molecule has 1 aromatic carbocycles. The van der Waals surface area contributed by atoms with Crippen LogP contribution in [-0.4, -0.2) is 5.78 Å². The van der Waals surface area contributed by atoms with Gasteiger partial charge in [-0.3, -0.25) is 4.79 Å². The first-order valence-electron chi connectivity index (χ1n) is 6.95. The second-order valence-electron chi connectivity index (χ2n) is 6.83. The van der Waals surface area contributed by atoms with Crippen LogP contribution < -0.4 is 0 Å². The first-order valence-corrected chi connectivity index (χ1v) is 6.95. The minimum Gasteiger partial charge on any atom is -0.294 e. The Bertz CT molecular complexity index is 493. The van der Waals surface area contributed by atoms with E-state index in [0.29, 0.717) is 24.0 Å². The van der Waals surface area contributed by atoms with Gasteiger partial charge in [-0.25, -0.2) is 0 Å². The van der Waals surface area contributed by atoms with E-state index in [2.05, 4.69) is 53.7 Å². The van der Waals surface area contributed by atoms with E-state index in [1.807, 2.05) is 0 Å². The predicted octanol–water partition coefficient (Wildman–Crippen LogP) is 4.80. The lowest BCUT2D eigenvalue weighted by Gasteiger charge is -2.24. The summed E-state index contributed by atoms with van der Waals surface area (Å²) < 4.78 is 0. The van der Waals surface area contributed by atoms with Crippen LogP contribution in [0.5, 0.6) is 0 Å². The van der Waals surface area contributed by atoms with Crippen LogP contribution >= 0.6 is 0 Å². The summed E-state index contributed by atoms with van der Waals surface area (Å²) in [7, 11) is 0.